The van der Waals surface area contributed by atoms with Crippen molar-refractivity contribution in [3.8, 4) is 0 Å². The first kappa shape index (κ1) is 13.9. The summed E-state index contributed by atoms with van der Waals surface area (Å²) in [6, 6.07) is 3.63. The highest BCUT2D eigenvalue weighted by Gasteiger charge is 2.40. The van der Waals surface area contributed by atoms with E-state index in [-0.39, 0.29) is 18.1 Å². The van der Waals surface area contributed by atoms with Crippen molar-refractivity contribution in [2.24, 2.45) is 5.73 Å². The number of halogens is 3. The van der Waals surface area contributed by atoms with Crippen LogP contribution in [0.3, 0.4) is 0 Å². The number of rotatable bonds is 2. The third-order valence-corrected chi connectivity index (χ3v) is 2.90. The zero-order valence-electron chi connectivity index (χ0n) is 9.00. The molecule has 1 aromatic carbocycles. The van der Waals surface area contributed by atoms with Gasteiger partial charge >= 0.3 is 0 Å². The van der Waals surface area contributed by atoms with Gasteiger partial charge in [-0.3, -0.25) is 4.79 Å². The van der Waals surface area contributed by atoms with E-state index >= 15 is 0 Å². The van der Waals surface area contributed by atoms with Gasteiger partial charge in [0, 0.05) is 0 Å². The maximum atomic E-state index is 13.2. The topological polar surface area (TPSA) is 55.1 Å². The number of carbonyl (C=O) groups is 1. The third-order valence-electron chi connectivity index (χ3n) is 2.90. The zero-order chi connectivity index (χ0) is 11.8. The Morgan fingerprint density at radius 1 is 1.35 bits per heavy atom. The Bertz CT molecular complexity index is 435. The van der Waals surface area contributed by atoms with E-state index in [1.165, 1.54) is 12.1 Å². The fraction of sp³-hybridized carbons (Fsp3) is 0.364. The first-order chi connectivity index (χ1) is 7.53. The molecule has 0 spiro atoms. The molecule has 1 aliphatic carbocycles. The second-order valence-corrected chi connectivity index (χ2v) is 4.07. The average Bonchev–Trinajstić information content (AvgIpc) is 2.21. The summed E-state index contributed by atoms with van der Waals surface area (Å²) in [5.41, 5.74) is 4.67. The van der Waals surface area contributed by atoms with Gasteiger partial charge in [0.1, 0.15) is 0 Å². The number of nitrogens with one attached hydrogen (secondary N) is 1. The Morgan fingerprint density at radius 3 is 2.53 bits per heavy atom. The molecule has 0 aliphatic heterocycles. The van der Waals surface area contributed by atoms with Crippen LogP contribution in [0.1, 0.15) is 19.3 Å². The summed E-state index contributed by atoms with van der Waals surface area (Å²) in [5.74, 6) is -2.50. The summed E-state index contributed by atoms with van der Waals surface area (Å²) in [4.78, 5) is 11.7. The van der Waals surface area contributed by atoms with Crippen molar-refractivity contribution in [2.45, 2.75) is 24.8 Å². The maximum Gasteiger partial charge on any atom is 0.244 e. The predicted molar refractivity (Wildman–Crippen MR) is 63.0 cm³/mol. The van der Waals surface area contributed by atoms with E-state index in [0.29, 0.717) is 12.8 Å². The molecule has 3 nitrogen and oxygen atoms in total. The molecule has 6 heteroatoms. The molecule has 94 valence electrons. The Balaban J connectivity index is 0.00000144. The van der Waals surface area contributed by atoms with Crippen LogP contribution in [0.2, 0.25) is 0 Å². The molecule has 0 aromatic heterocycles. The van der Waals surface area contributed by atoms with Crippen molar-refractivity contribution < 1.29 is 13.6 Å². The minimum atomic E-state index is -1.06. The van der Waals surface area contributed by atoms with Gasteiger partial charge in [-0.05, 0) is 31.4 Å². The standard InChI is InChI=1S/C11H12F2N2O.ClH/c12-7-3-1-4-8(9(7)13)15-10(16)11(14)5-2-6-11;/h1,3-4H,2,5-6,14H2,(H,15,16);1H. The summed E-state index contributed by atoms with van der Waals surface area (Å²) >= 11 is 0. The number of carbonyl (C=O) groups excluding carboxylic acids is 1. The zero-order valence-corrected chi connectivity index (χ0v) is 9.82. The average molecular weight is 263 g/mol. The normalized spacial score (nSPS) is 16.6. The highest BCUT2D eigenvalue weighted by Crippen LogP contribution is 2.30. The van der Waals surface area contributed by atoms with Gasteiger partial charge in [-0.15, -0.1) is 12.4 Å². The molecule has 3 N–H and O–H groups in total. The van der Waals surface area contributed by atoms with Crippen LogP contribution in [0.5, 0.6) is 0 Å². The van der Waals surface area contributed by atoms with Crippen molar-refractivity contribution >= 4 is 24.0 Å². The highest BCUT2D eigenvalue weighted by atomic mass is 35.5. The van der Waals surface area contributed by atoms with Crippen LogP contribution in [-0.2, 0) is 4.79 Å². The van der Waals surface area contributed by atoms with Gasteiger partial charge in [0.25, 0.3) is 0 Å². The molecule has 0 radical (unpaired) electrons. The minimum absolute atomic E-state index is 0. The van der Waals surface area contributed by atoms with Crippen molar-refractivity contribution in [3.63, 3.8) is 0 Å². The van der Waals surface area contributed by atoms with E-state index in [1.54, 1.807) is 0 Å². The summed E-state index contributed by atoms with van der Waals surface area (Å²) in [6.45, 7) is 0. The molecule has 0 bridgehead atoms. The fourth-order valence-electron chi connectivity index (χ4n) is 1.63. The SMILES string of the molecule is Cl.NC1(C(=O)Nc2cccc(F)c2F)CCC1. The third kappa shape index (κ3) is 2.56. The lowest BCUT2D eigenvalue weighted by molar-refractivity contribution is -0.123. The molecule has 0 saturated heterocycles. The van der Waals surface area contributed by atoms with Gasteiger partial charge in [0.05, 0.1) is 11.2 Å². The Labute approximate surface area is 104 Å². The summed E-state index contributed by atoms with van der Waals surface area (Å²) in [6.07, 6.45) is 2.04. The number of benzene rings is 1. The van der Waals surface area contributed by atoms with Crippen LogP contribution in [0.25, 0.3) is 0 Å². The monoisotopic (exact) mass is 262 g/mol. The molecular weight excluding hydrogens is 250 g/mol. The van der Waals surface area contributed by atoms with Gasteiger partial charge < -0.3 is 11.1 Å². The van der Waals surface area contributed by atoms with E-state index in [2.05, 4.69) is 5.32 Å². The van der Waals surface area contributed by atoms with Crippen molar-refractivity contribution in [1.82, 2.24) is 0 Å². The number of nitrogens with two attached hydrogens (primary N) is 1. The molecular formula is C11H13ClF2N2O. The predicted octanol–water partition coefficient (Wildman–Crippen LogP) is 2.21. The van der Waals surface area contributed by atoms with Crippen molar-refractivity contribution in [2.75, 3.05) is 5.32 Å². The van der Waals surface area contributed by atoms with E-state index in [9.17, 15) is 13.6 Å². The van der Waals surface area contributed by atoms with Crippen LogP contribution in [-0.4, -0.2) is 11.4 Å². The summed E-state index contributed by atoms with van der Waals surface area (Å²) < 4.78 is 26.1. The maximum absolute atomic E-state index is 13.2. The molecule has 0 unspecified atom stereocenters. The summed E-state index contributed by atoms with van der Waals surface area (Å²) in [5, 5.41) is 2.31. The number of hydrogen-bond acceptors (Lipinski definition) is 2. The molecule has 1 aromatic rings. The molecule has 17 heavy (non-hydrogen) atoms. The van der Waals surface area contributed by atoms with Crippen LogP contribution in [0.4, 0.5) is 14.5 Å². The molecule has 0 atom stereocenters. The van der Waals surface area contributed by atoms with Gasteiger partial charge in [-0.25, -0.2) is 8.78 Å². The number of amides is 1. The van der Waals surface area contributed by atoms with Crippen LogP contribution < -0.4 is 11.1 Å². The lowest BCUT2D eigenvalue weighted by atomic mass is 9.77. The highest BCUT2D eigenvalue weighted by molar-refractivity contribution is 5.98. The van der Waals surface area contributed by atoms with Crippen molar-refractivity contribution in [3.05, 3.63) is 29.8 Å². The van der Waals surface area contributed by atoms with E-state index in [0.717, 1.165) is 12.5 Å². The first-order valence-electron chi connectivity index (χ1n) is 5.07. The lowest BCUT2D eigenvalue weighted by Gasteiger charge is -2.36. The molecule has 1 aliphatic rings. The second kappa shape index (κ2) is 4.98. The Kier molecular flexibility index (Phi) is 4.06. The largest absolute Gasteiger partial charge is 0.322 e. The quantitative estimate of drug-likeness (QED) is 0.859. The lowest BCUT2D eigenvalue weighted by Crippen LogP contribution is -2.56. The molecule has 1 fully saturated rings. The Hall–Kier alpha value is -1.20. The molecule has 1 amide bonds. The molecule has 2 rings (SSSR count). The summed E-state index contributed by atoms with van der Waals surface area (Å²) in [7, 11) is 0. The fourth-order valence-corrected chi connectivity index (χ4v) is 1.63. The van der Waals surface area contributed by atoms with Crippen LogP contribution in [0.15, 0.2) is 18.2 Å². The van der Waals surface area contributed by atoms with Gasteiger partial charge in [-0.1, -0.05) is 6.07 Å². The van der Waals surface area contributed by atoms with Gasteiger partial charge in [-0.2, -0.15) is 0 Å². The molecule has 0 heterocycles. The number of anilines is 1. The smallest absolute Gasteiger partial charge is 0.244 e. The minimum Gasteiger partial charge on any atom is -0.322 e. The van der Waals surface area contributed by atoms with Gasteiger partial charge in [0.15, 0.2) is 11.6 Å². The van der Waals surface area contributed by atoms with E-state index < -0.39 is 23.1 Å². The van der Waals surface area contributed by atoms with Crippen LogP contribution >= 0.6 is 12.4 Å². The first-order valence-corrected chi connectivity index (χ1v) is 5.07. The molecule has 1 saturated carbocycles. The van der Waals surface area contributed by atoms with Crippen LogP contribution in [0, 0.1) is 11.6 Å². The van der Waals surface area contributed by atoms with Gasteiger partial charge in [0.2, 0.25) is 5.91 Å². The Morgan fingerprint density at radius 2 is 2.00 bits per heavy atom. The second-order valence-electron chi connectivity index (χ2n) is 4.07. The van der Waals surface area contributed by atoms with Crippen molar-refractivity contribution in [1.29, 1.82) is 0 Å². The number of hydrogen-bond donors (Lipinski definition) is 2. The van der Waals surface area contributed by atoms with E-state index in [1.807, 2.05) is 0 Å². The van der Waals surface area contributed by atoms with E-state index in [4.69, 9.17) is 5.73 Å².